The predicted molar refractivity (Wildman–Crippen MR) is 73.3 cm³/mol. The molecule has 3 aliphatic rings. The van der Waals surface area contributed by atoms with E-state index >= 15 is 0 Å². The Kier molecular flexibility index (Phi) is 3.84. The summed E-state index contributed by atoms with van der Waals surface area (Å²) in [5.74, 6) is -1.60. The number of ether oxygens (including phenoxy) is 5. The molecule has 3 rings (SSSR count). The third-order valence-corrected chi connectivity index (χ3v) is 4.28. The average Bonchev–Trinajstić information content (AvgIpc) is 2.89. The lowest BCUT2D eigenvalue weighted by Gasteiger charge is -2.28. The summed E-state index contributed by atoms with van der Waals surface area (Å²) in [4.78, 5) is 0. The van der Waals surface area contributed by atoms with Crippen LogP contribution in [0.25, 0.3) is 0 Å². The van der Waals surface area contributed by atoms with Crippen molar-refractivity contribution in [1.29, 1.82) is 0 Å². The van der Waals surface area contributed by atoms with E-state index in [-0.39, 0.29) is 6.61 Å². The molecule has 0 N–H and O–H groups in total. The molecule has 0 spiro atoms. The zero-order valence-electron chi connectivity index (χ0n) is 13.3. The highest BCUT2D eigenvalue weighted by molar-refractivity contribution is 7.86. The maximum atomic E-state index is 11.6. The number of hydrogen-bond acceptors (Lipinski definition) is 8. The first-order valence-electron chi connectivity index (χ1n) is 7.17. The van der Waals surface area contributed by atoms with E-state index in [1.54, 1.807) is 27.7 Å². The molecule has 9 heteroatoms. The summed E-state index contributed by atoms with van der Waals surface area (Å²) >= 11 is 0. The minimum atomic E-state index is -3.69. The largest absolute Gasteiger partial charge is 0.348 e. The van der Waals surface area contributed by atoms with Crippen LogP contribution in [0.3, 0.4) is 0 Å². The van der Waals surface area contributed by atoms with Gasteiger partial charge in [0.2, 0.25) is 0 Å². The van der Waals surface area contributed by atoms with E-state index in [2.05, 4.69) is 0 Å². The molecule has 0 saturated carbocycles. The van der Waals surface area contributed by atoms with E-state index in [9.17, 15) is 8.42 Å². The van der Waals surface area contributed by atoms with Gasteiger partial charge >= 0.3 is 0 Å². The second-order valence-electron chi connectivity index (χ2n) is 6.70. The summed E-state index contributed by atoms with van der Waals surface area (Å²) < 4.78 is 56.8. The quantitative estimate of drug-likeness (QED) is 0.682. The van der Waals surface area contributed by atoms with E-state index in [4.69, 9.17) is 27.9 Å². The Morgan fingerprint density at radius 3 is 2.23 bits per heavy atom. The summed E-state index contributed by atoms with van der Waals surface area (Å²) in [5.41, 5.74) is 0. The van der Waals surface area contributed by atoms with Crippen molar-refractivity contribution in [1.82, 2.24) is 0 Å². The molecule has 0 radical (unpaired) electrons. The first-order valence-corrected chi connectivity index (χ1v) is 8.99. The van der Waals surface area contributed by atoms with Gasteiger partial charge in [0.25, 0.3) is 10.1 Å². The molecule has 0 aromatic heterocycles. The zero-order chi connectivity index (χ0) is 16.3. The van der Waals surface area contributed by atoms with Crippen LogP contribution in [-0.2, 0) is 38.0 Å². The first-order chi connectivity index (χ1) is 9.96. The van der Waals surface area contributed by atoms with Crippen molar-refractivity contribution >= 4 is 10.1 Å². The van der Waals surface area contributed by atoms with Gasteiger partial charge in [0, 0.05) is 0 Å². The highest BCUT2D eigenvalue weighted by Crippen LogP contribution is 2.42. The molecule has 3 fully saturated rings. The standard InChI is InChI=1S/C13H22O8S/c1-12(2)16-6-7(18-12)8-9(21-22(5,14)15)10-11(17-8)20-13(3,4)19-10/h7-11H,6H2,1-5H3/t7-,8?,9+,10-,11-/m1/s1. The van der Waals surface area contributed by atoms with Gasteiger partial charge in [-0.3, -0.25) is 4.18 Å². The van der Waals surface area contributed by atoms with Crippen molar-refractivity contribution in [2.75, 3.05) is 12.9 Å². The Bertz CT molecular complexity index is 542. The van der Waals surface area contributed by atoms with Crippen molar-refractivity contribution < 1.29 is 36.3 Å². The van der Waals surface area contributed by atoms with Crippen LogP contribution in [0.4, 0.5) is 0 Å². The molecule has 22 heavy (non-hydrogen) atoms. The summed E-state index contributed by atoms with van der Waals surface area (Å²) in [6.07, 6.45) is -2.29. The monoisotopic (exact) mass is 338 g/mol. The van der Waals surface area contributed by atoms with Crippen LogP contribution in [0.2, 0.25) is 0 Å². The molecule has 1 unspecified atom stereocenters. The molecule has 3 saturated heterocycles. The lowest BCUT2D eigenvalue weighted by Crippen LogP contribution is -2.45. The van der Waals surface area contributed by atoms with Gasteiger partial charge in [-0.1, -0.05) is 0 Å². The molecule has 0 aromatic rings. The van der Waals surface area contributed by atoms with Crippen LogP contribution in [0.1, 0.15) is 27.7 Å². The summed E-state index contributed by atoms with van der Waals surface area (Å²) in [6.45, 7) is 7.32. The summed E-state index contributed by atoms with van der Waals surface area (Å²) in [6, 6.07) is 0. The lowest BCUT2D eigenvalue weighted by atomic mass is 10.1. The SMILES string of the molecule is CC1(C)O[C@H]2OC([C@H]3COC(C)(C)O3)[C@H](OS(C)(=O)=O)[C@H]2O1. The Labute approximate surface area is 130 Å². The van der Waals surface area contributed by atoms with E-state index in [0.717, 1.165) is 6.26 Å². The van der Waals surface area contributed by atoms with Crippen LogP contribution in [0.15, 0.2) is 0 Å². The fraction of sp³-hybridized carbons (Fsp3) is 1.00. The molecule has 0 aliphatic carbocycles. The maximum Gasteiger partial charge on any atom is 0.264 e. The fourth-order valence-electron chi connectivity index (χ4n) is 2.99. The van der Waals surface area contributed by atoms with Crippen molar-refractivity contribution in [3.8, 4) is 0 Å². The van der Waals surface area contributed by atoms with Gasteiger partial charge in [-0.05, 0) is 27.7 Å². The molecular weight excluding hydrogens is 316 g/mol. The topological polar surface area (TPSA) is 89.5 Å². The Morgan fingerprint density at radius 1 is 1.00 bits per heavy atom. The first kappa shape index (κ1) is 16.6. The van der Waals surface area contributed by atoms with Crippen molar-refractivity contribution in [2.45, 2.75) is 70.0 Å². The molecule has 0 amide bonds. The third kappa shape index (κ3) is 3.30. The molecule has 3 heterocycles. The fourth-order valence-corrected chi connectivity index (χ4v) is 3.61. The second kappa shape index (κ2) is 5.10. The number of fused-ring (bicyclic) bond motifs is 1. The van der Waals surface area contributed by atoms with Gasteiger partial charge in [-0.25, -0.2) is 0 Å². The molecule has 0 bridgehead atoms. The molecule has 8 nitrogen and oxygen atoms in total. The molecule has 0 aromatic carbocycles. The third-order valence-electron chi connectivity index (χ3n) is 3.71. The average molecular weight is 338 g/mol. The minimum absolute atomic E-state index is 0.282. The maximum absolute atomic E-state index is 11.6. The molecule has 128 valence electrons. The van der Waals surface area contributed by atoms with Crippen molar-refractivity contribution in [3.63, 3.8) is 0 Å². The van der Waals surface area contributed by atoms with Gasteiger partial charge in [0.05, 0.1) is 12.9 Å². The lowest BCUT2D eigenvalue weighted by molar-refractivity contribution is -0.230. The Balaban J connectivity index is 1.81. The van der Waals surface area contributed by atoms with Gasteiger partial charge in [0.1, 0.15) is 24.4 Å². The van der Waals surface area contributed by atoms with Crippen LogP contribution in [0.5, 0.6) is 0 Å². The van der Waals surface area contributed by atoms with Crippen LogP contribution in [-0.4, -0.2) is 63.6 Å². The van der Waals surface area contributed by atoms with Crippen LogP contribution < -0.4 is 0 Å². The molecule has 3 aliphatic heterocycles. The number of hydrogen-bond donors (Lipinski definition) is 0. The smallest absolute Gasteiger partial charge is 0.264 e. The molecular formula is C13H22O8S. The van der Waals surface area contributed by atoms with Crippen molar-refractivity contribution in [3.05, 3.63) is 0 Å². The summed E-state index contributed by atoms with van der Waals surface area (Å²) in [5, 5.41) is 0. The van der Waals surface area contributed by atoms with E-state index in [0.29, 0.717) is 0 Å². The predicted octanol–water partition coefficient (Wildman–Crippen LogP) is 0.359. The molecule has 5 atom stereocenters. The highest BCUT2D eigenvalue weighted by atomic mass is 32.2. The van der Waals surface area contributed by atoms with E-state index in [1.165, 1.54) is 0 Å². The highest BCUT2D eigenvalue weighted by Gasteiger charge is 2.59. The van der Waals surface area contributed by atoms with Gasteiger partial charge in [-0.15, -0.1) is 0 Å². The Hall–Kier alpha value is -0.290. The van der Waals surface area contributed by atoms with Gasteiger partial charge in [0.15, 0.2) is 17.9 Å². The minimum Gasteiger partial charge on any atom is -0.348 e. The van der Waals surface area contributed by atoms with E-state index < -0.39 is 52.4 Å². The van der Waals surface area contributed by atoms with Gasteiger partial charge < -0.3 is 23.7 Å². The normalized spacial score (nSPS) is 43.4. The van der Waals surface area contributed by atoms with E-state index in [1.807, 2.05) is 0 Å². The summed E-state index contributed by atoms with van der Waals surface area (Å²) in [7, 11) is -3.69. The Morgan fingerprint density at radius 2 is 1.68 bits per heavy atom. The van der Waals surface area contributed by atoms with Crippen LogP contribution in [0, 0.1) is 0 Å². The second-order valence-corrected chi connectivity index (χ2v) is 8.30. The van der Waals surface area contributed by atoms with Crippen LogP contribution >= 0.6 is 0 Å². The van der Waals surface area contributed by atoms with Crippen molar-refractivity contribution in [2.24, 2.45) is 0 Å². The zero-order valence-corrected chi connectivity index (χ0v) is 14.1. The number of rotatable bonds is 3. The van der Waals surface area contributed by atoms with Gasteiger partial charge in [-0.2, -0.15) is 8.42 Å².